The second-order valence-electron chi connectivity index (χ2n) is 6.57. The van der Waals surface area contributed by atoms with Crippen molar-refractivity contribution in [1.29, 1.82) is 5.26 Å². The highest BCUT2D eigenvalue weighted by Gasteiger charge is 2.20. The molecule has 3 rings (SSSR count). The molecule has 2 aromatic rings. The van der Waals surface area contributed by atoms with E-state index >= 15 is 0 Å². The summed E-state index contributed by atoms with van der Waals surface area (Å²) in [5.74, 6) is 0.0582. The van der Waals surface area contributed by atoms with E-state index < -0.39 is 0 Å². The van der Waals surface area contributed by atoms with Crippen LogP contribution in [0.4, 0.5) is 0 Å². The quantitative estimate of drug-likeness (QED) is 0.878. The predicted molar refractivity (Wildman–Crippen MR) is 98.4 cm³/mol. The van der Waals surface area contributed by atoms with Crippen LogP contribution in [0.25, 0.3) is 11.0 Å². The number of nitrogens with zero attached hydrogens (tertiary/aromatic N) is 4. The highest BCUT2D eigenvalue weighted by atomic mass is 16.2. The molecule has 0 spiro atoms. The summed E-state index contributed by atoms with van der Waals surface area (Å²) >= 11 is 0. The Labute approximate surface area is 152 Å². The van der Waals surface area contributed by atoms with E-state index in [2.05, 4.69) is 14.9 Å². The van der Waals surface area contributed by atoms with Crippen LogP contribution in [-0.4, -0.2) is 51.9 Å². The first-order valence-corrected chi connectivity index (χ1v) is 8.98. The van der Waals surface area contributed by atoms with Gasteiger partial charge in [-0.05, 0) is 24.1 Å². The zero-order valence-corrected chi connectivity index (χ0v) is 15.0. The summed E-state index contributed by atoms with van der Waals surface area (Å²) in [6.45, 7) is 5.64. The van der Waals surface area contributed by atoms with Crippen LogP contribution in [0.15, 0.2) is 23.1 Å². The van der Waals surface area contributed by atoms with Gasteiger partial charge in [0.05, 0.1) is 17.1 Å². The molecule has 7 nitrogen and oxygen atoms in total. The van der Waals surface area contributed by atoms with Crippen molar-refractivity contribution in [3.05, 3.63) is 39.8 Å². The summed E-state index contributed by atoms with van der Waals surface area (Å²) < 4.78 is 0. The first-order chi connectivity index (χ1) is 12.6. The van der Waals surface area contributed by atoms with Crippen LogP contribution in [0.3, 0.4) is 0 Å². The fraction of sp³-hybridized carbons (Fsp3) is 0.474. The highest BCUT2D eigenvalue weighted by molar-refractivity contribution is 5.76. The first kappa shape index (κ1) is 18.1. The Balaban J connectivity index is 1.62. The zero-order valence-electron chi connectivity index (χ0n) is 15.0. The summed E-state index contributed by atoms with van der Waals surface area (Å²) in [6.07, 6.45) is 3.12. The van der Waals surface area contributed by atoms with Crippen LogP contribution in [0, 0.1) is 11.3 Å². The Morgan fingerprint density at radius 2 is 2.08 bits per heavy atom. The largest absolute Gasteiger partial charge is 0.340 e. The molecule has 0 radical (unpaired) electrons. The van der Waals surface area contributed by atoms with E-state index in [4.69, 9.17) is 5.26 Å². The Hall–Kier alpha value is -2.72. The highest BCUT2D eigenvalue weighted by Crippen LogP contribution is 2.14. The molecule has 136 valence electrons. The van der Waals surface area contributed by atoms with Crippen LogP contribution in [0.5, 0.6) is 0 Å². The standard InChI is InChI=1S/C19H23N5O2/c1-2-15-11-16-17(22-19(15)26)10-14(12-21-16)13-23-6-8-24(9-7-23)18(25)4-3-5-20/h10-12H,2-4,6-9,13H2,1H3,(H,22,26). The van der Waals surface area contributed by atoms with Crippen molar-refractivity contribution in [2.45, 2.75) is 32.7 Å². The van der Waals surface area contributed by atoms with Crippen LogP contribution >= 0.6 is 0 Å². The van der Waals surface area contributed by atoms with Gasteiger partial charge in [0, 0.05) is 57.3 Å². The van der Waals surface area contributed by atoms with Gasteiger partial charge in [-0.2, -0.15) is 5.26 Å². The first-order valence-electron chi connectivity index (χ1n) is 8.98. The number of aromatic amines is 1. The molecule has 7 heteroatoms. The Morgan fingerprint density at radius 1 is 1.31 bits per heavy atom. The number of aryl methyl sites for hydroxylation is 1. The van der Waals surface area contributed by atoms with Gasteiger partial charge < -0.3 is 9.88 Å². The molecule has 3 heterocycles. The van der Waals surface area contributed by atoms with Crippen molar-refractivity contribution in [2.75, 3.05) is 26.2 Å². The Kier molecular flexibility index (Phi) is 5.64. The van der Waals surface area contributed by atoms with Crippen LogP contribution in [-0.2, 0) is 17.8 Å². The number of nitriles is 1. The summed E-state index contributed by atoms with van der Waals surface area (Å²) in [5, 5.41) is 8.58. The van der Waals surface area contributed by atoms with Crippen molar-refractivity contribution in [3.8, 4) is 6.07 Å². The molecule has 1 fully saturated rings. The number of H-pyrrole nitrogens is 1. The molecule has 0 unspecified atom stereocenters. The number of pyridine rings is 2. The third kappa shape index (κ3) is 4.09. The Morgan fingerprint density at radius 3 is 2.77 bits per heavy atom. The normalized spacial score (nSPS) is 15.2. The number of hydrogen-bond donors (Lipinski definition) is 1. The number of fused-ring (bicyclic) bond motifs is 1. The lowest BCUT2D eigenvalue weighted by Gasteiger charge is -2.34. The number of piperazine rings is 1. The lowest BCUT2D eigenvalue weighted by atomic mass is 10.1. The molecule has 1 N–H and O–H groups in total. The number of carbonyl (C=O) groups excluding carboxylic acids is 1. The number of rotatable bonds is 5. The molecule has 1 aliphatic rings. The van der Waals surface area contributed by atoms with Crippen molar-refractivity contribution < 1.29 is 4.79 Å². The van der Waals surface area contributed by atoms with Crippen LogP contribution in [0.1, 0.15) is 30.9 Å². The minimum absolute atomic E-state index is 0.0524. The molecule has 26 heavy (non-hydrogen) atoms. The van der Waals surface area contributed by atoms with E-state index in [9.17, 15) is 9.59 Å². The minimum Gasteiger partial charge on any atom is -0.340 e. The molecule has 1 amide bonds. The van der Waals surface area contributed by atoms with Gasteiger partial charge in [0.15, 0.2) is 0 Å². The van der Waals surface area contributed by atoms with Gasteiger partial charge >= 0.3 is 0 Å². The predicted octanol–water partition coefficient (Wildman–Crippen LogP) is 1.43. The SMILES string of the molecule is CCc1cc2ncc(CN3CCN(C(=O)CCC#N)CC3)cc2[nH]c1=O. The molecule has 1 saturated heterocycles. The van der Waals surface area contributed by atoms with Gasteiger partial charge in [-0.1, -0.05) is 6.92 Å². The van der Waals surface area contributed by atoms with Crippen molar-refractivity contribution in [2.24, 2.45) is 0 Å². The summed E-state index contributed by atoms with van der Waals surface area (Å²) in [6, 6.07) is 5.85. The van der Waals surface area contributed by atoms with E-state index in [1.54, 1.807) is 0 Å². The number of amides is 1. The smallest absolute Gasteiger partial charge is 0.251 e. The van der Waals surface area contributed by atoms with Crippen LogP contribution in [0.2, 0.25) is 0 Å². The maximum absolute atomic E-state index is 12.0. The zero-order chi connectivity index (χ0) is 18.5. The monoisotopic (exact) mass is 353 g/mol. The van der Waals surface area contributed by atoms with Crippen molar-refractivity contribution in [3.63, 3.8) is 0 Å². The van der Waals surface area contributed by atoms with Gasteiger partial charge in [0.2, 0.25) is 5.91 Å². The second-order valence-corrected chi connectivity index (χ2v) is 6.57. The minimum atomic E-state index is -0.0524. The molecule has 0 aromatic carbocycles. The maximum atomic E-state index is 12.0. The van der Waals surface area contributed by atoms with Gasteiger partial charge in [-0.3, -0.25) is 19.5 Å². The fourth-order valence-electron chi connectivity index (χ4n) is 3.25. The topological polar surface area (TPSA) is 93.1 Å². The lowest BCUT2D eigenvalue weighted by Crippen LogP contribution is -2.48. The van der Waals surface area contributed by atoms with Crippen molar-refractivity contribution >= 4 is 16.9 Å². The average Bonchev–Trinajstić information content (AvgIpc) is 2.66. The molecule has 0 bridgehead atoms. The summed E-state index contributed by atoms with van der Waals surface area (Å²) in [5.41, 5.74) is 3.30. The summed E-state index contributed by atoms with van der Waals surface area (Å²) in [7, 11) is 0. The molecule has 2 aromatic heterocycles. The van der Waals surface area contributed by atoms with E-state index in [-0.39, 0.29) is 17.9 Å². The number of aromatic nitrogens is 2. The molecular weight excluding hydrogens is 330 g/mol. The van der Waals surface area contributed by atoms with Gasteiger partial charge in [-0.25, -0.2) is 0 Å². The number of carbonyl (C=O) groups is 1. The van der Waals surface area contributed by atoms with E-state index in [0.29, 0.717) is 25.9 Å². The molecule has 1 aliphatic heterocycles. The van der Waals surface area contributed by atoms with E-state index in [1.807, 2.05) is 36.2 Å². The van der Waals surface area contributed by atoms with Gasteiger partial charge in [-0.15, -0.1) is 0 Å². The fourth-order valence-corrected chi connectivity index (χ4v) is 3.25. The van der Waals surface area contributed by atoms with Gasteiger partial charge in [0.1, 0.15) is 0 Å². The maximum Gasteiger partial charge on any atom is 0.251 e. The van der Waals surface area contributed by atoms with E-state index in [1.165, 1.54) is 0 Å². The van der Waals surface area contributed by atoms with Crippen LogP contribution < -0.4 is 5.56 Å². The number of nitrogens with one attached hydrogen (secondary N) is 1. The third-order valence-corrected chi connectivity index (χ3v) is 4.79. The molecule has 0 atom stereocenters. The Bertz CT molecular complexity index is 891. The van der Waals surface area contributed by atoms with Gasteiger partial charge in [0.25, 0.3) is 5.56 Å². The second kappa shape index (κ2) is 8.11. The molecule has 0 saturated carbocycles. The van der Waals surface area contributed by atoms with E-state index in [0.717, 1.165) is 41.8 Å². The van der Waals surface area contributed by atoms with Crippen molar-refractivity contribution in [1.82, 2.24) is 19.8 Å². The summed E-state index contributed by atoms with van der Waals surface area (Å²) in [4.78, 5) is 35.5. The molecular formula is C19H23N5O2. The third-order valence-electron chi connectivity index (χ3n) is 4.79. The number of hydrogen-bond acceptors (Lipinski definition) is 5. The average molecular weight is 353 g/mol. The lowest BCUT2D eigenvalue weighted by molar-refractivity contribution is -0.132. The molecule has 0 aliphatic carbocycles.